The Morgan fingerprint density at radius 1 is 1.13 bits per heavy atom. The largest absolute Gasteiger partial charge is 0.481 e. The molecule has 2 aliphatic carbocycles. The van der Waals surface area contributed by atoms with Gasteiger partial charge in [0.25, 0.3) is 5.56 Å². The van der Waals surface area contributed by atoms with Gasteiger partial charge in [0.2, 0.25) is 0 Å². The molecule has 4 rings (SSSR count). The molecule has 1 aromatic carbocycles. The van der Waals surface area contributed by atoms with Crippen molar-refractivity contribution in [2.24, 2.45) is 5.92 Å². The lowest BCUT2D eigenvalue weighted by Gasteiger charge is -2.14. The minimum Gasteiger partial charge on any atom is -0.481 e. The van der Waals surface area contributed by atoms with Crippen LogP contribution in [0.25, 0.3) is 5.57 Å². The van der Waals surface area contributed by atoms with Crippen molar-refractivity contribution in [3.05, 3.63) is 74.2 Å². The molecule has 1 aromatic heterocycles. The minimum atomic E-state index is -0.789. The molecule has 2 aromatic rings. The maximum absolute atomic E-state index is 12.6. The molecule has 4 nitrogen and oxygen atoms in total. The molecule has 1 heterocycles. The van der Waals surface area contributed by atoms with Crippen LogP contribution in [0.2, 0.25) is 5.02 Å². The summed E-state index contributed by atoms with van der Waals surface area (Å²) in [4.78, 5) is 26.5. The van der Waals surface area contributed by atoms with Crippen LogP contribution in [0.3, 0.4) is 0 Å². The van der Waals surface area contributed by atoms with E-state index in [4.69, 9.17) is 16.7 Å². The summed E-state index contributed by atoms with van der Waals surface area (Å²) in [5, 5.41) is 9.50. The van der Waals surface area contributed by atoms with Crippen molar-refractivity contribution in [1.82, 2.24) is 4.98 Å². The van der Waals surface area contributed by atoms with E-state index in [0.717, 1.165) is 40.8 Å². The van der Waals surface area contributed by atoms with Crippen LogP contribution >= 0.6 is 11.6 Å². The maximum Gasteiger partial charge on any atom is 0.303 e. The first-order valence-corrected chi connectivity index (χ1v) is 11.3. The Morgan fingerprint density at radius 3 is 2.53 bits per heavy atom. The summed E-state index contributed by atoms with van der Waals surface area (Å²) in [5.74, 6) is 0.147. The quantitative estimate of drug-likeness (QED) is 0.550. The zero-order valence-corrected chi connectivity index (χ0v) is 17.9. The fourth-order valence-electron chi connectivity index (χ4n) is 4.41. The number of halogens is 1. The Labute approximate surface area is 182 Å². The third-order valence-corrected chi connectivity index (χ3v) is 6.60. The number of carboxylic acids is 1. The van der Waals surface area contributed by atoms with Crippen molar-refractivity contribution >= 4 is 23.1 Å². The van der Waals surface area contributed by atoms with Crippen molar-refractivity contribution in [3.8, 4) is 0 Å². The normalized spacial score (nSPS) is 17.4. The molecule has 2 N–H and O–H groups in total. The van der Waals surface area contributed by atoms with Crippen LogP contribution in [0.1, 0.15) is 79.7 Å². The summed E-state index contributed by atoms with van der Waals surface area (Å²) in [7, 11) is 0. The molecule has 0 radical (unpaired) electrons. The second kappa shape index (κ2) is 9.22. The van der Waals surface area contributed by atoms with E-state index in [9.17, 15) is 9.59 Å². The first-order chi connectivity index (χ1) is 14.5. The maximum atomic E-state index is 12.6. The highest BCUT2D eigenvalue weighted by atomic mass is 35.5. The Hall–Kier alpha value is -2.33. The summed E-state index contributed by atoms with van der Waals surface area (Å²) in [6, 6.07) is 9.99. The lowest BCUT2D eigenvalue weighted by molar-refractivity contribution is -0.137. The number of benzene rings is 1. The molecule has 2 fully saturated rings. The van der Waals surface area contributed by atoms with E-state index in [1.165, 1.54) is 25.7 Å². The van der Waals surface area contributed by atoms with E-state index < -0.39 is 5.97 Å². The second-order valence-electron chi connectivity index (χ2n) is 8.61. The number of H-pyrrole nitrogens is 1. The number of aryl methyl sites for hydroxylation is 1. The van der Waals surface area contributed by atoms with Gasteiger partial charge in [-0.25, -0.2) is 0 Å². The number of aromatic nitrogens is 1. The van der Waals surface area contributed by atoms with Crippen molar-refractivity contribution < 1.29 is 9.90 Å². The number of carboxylic acid groups (broad SMARTS) is 1. The number of aliphatic carboxylic acids is 1. The number of aromatic amines is 1. The van der Waals surface area contributed by atoms with Crippen molar-refractivity contribution in [2.75, 3.05) is 0 Å². The van der Waals surface area contributed by atoms with E-state index in [1.54, 1.807) is 0 Å². The molecule has 0 aliphatic heterocycles. The van der Waals surface area contributed by atoms with Crippen LogP contribution in [0.4, 0.5) is 0 Å². The van der Waals surface area contributed by atoms with Gasteiger partial charge in [-0.05, 0) is 73.6 Å². The average Bonchev–Trinajstić information content (AvgIpc) is 3.42. The fourth-order valence-corrected chi connectivity index (χ4v) is 4.68. The Morgan fingerprint density at radius 2 is 1.90 bits per heavy atom. The van der Waals surface area contributed by atoms with Crippen LogP contribution in [0.5, 0.6) is 0 Å². The van der Waals surface area contributed by atoms with Crippen molar-refractivity contribution in [3.63, 3.8) is 0 Å². The predicted octanol–water partition coefficient (Wildman–Crippen LogP) is 5.93. The van der Waals surface area contributed by atoms with E-state index in [-0.39, 0.29) is 12.0 Å². The summed E-state index contributed by atoms with van der Waals surface area (Å²) < 4.78 is 0. The van der Waals surface area contributed by atoms with Gasteiger partial charge in [0, 0.05) is 28.3 Å². The Balaban J connectivity index is 1.64. The van der Waals surface area contributed by atoms with Gasteiger partial charge in [-0.15, -0.1) is 0 Å². The van der Waals surface area contributed by atoms with Crippen molar-refractivity contribution in [1.29, 1.82) is 0 Å². The number of pyridine rings is 1. The van der Waals surface area contributed by atoms with Crippen LogP contribution in [0.15, 0.2) is 41.2 Å². The van der Waals surface area contributed by atoms with E-state index >= 15 is 0 Å². The average molecular weight is 426 g/mol. The highest BCUT2D eigenvalue weighted by Crippen LogP contribution is 2.39. The van der Waals surface area contributed by atoms with Gasteiger partial charge in [0.15, 0.2) is 0 Å². The van der Waals surface area contributed by atoms with Crippen LogP contribution in [-0.2, 0) is 11.2 Å². The second-order valence-corrected chi connectivity index (χ2v) is 9.02. The van der Waals surface area contributed by atoms with Gasteiger partial charge in [-0.1, -0.05) is 48.7 Å². The summed E-state index contributed by atoms with van der Waals surface area (Å²) in [5.41, 5.74) is 4.73. The van der Waals surface area contributed by atoms with Gasteiger partial charge in [-0.3, -0.25) is 9.59 Å². The zero-order chi connectivity index (χ0) is 21.1. The molecule has 0 amide bonds. The van der Waals surface area contributed by atoms with Gasteiger partial charge >= 0.3 is 5.97 Å². The lowest BCUT2D eigenvalue weighted by Crippen LogP contribution is -2.13. The molecule has 2 aliphatic rings. The van der Waals surface area contributed by atoms with Gasteiger partial charge in [-0.2, -0.15) is 0 Å². The monoisotopic (exact) mass is 425 g/mol. The van der Waals surface area contributed by atoms with Gasteiger partial charge in [0.1, 0.15) is 0 Å². The third-order valence-electron chi connectivity index (χ3n) is 6.25. The van der Waals surface area contributed by atoms with Crippen molar-refractivity contribution in [2.45, 2.75) is 63.7 Å². The van der Waals surface area contributed by atoms with E-state index in [2.05, 4.69) is 11.1 Å². The third kappa shape index (κ3) is 5.04. The number of hydrogen-bond donors (Lipinski definition) is 2. The van der Waals surface area contributed by atoms with Crippen LogP contribution < -0.4 is 5.56 Å². The summed E-state index contributed by atoms with van der Waals surface area (Å²) >= 11 is 6.55. The minimum absolute atomic E-state index is 0.0173. The first-order valence-electron chi connectivity index (χ1n) is 11.0. The SMILES string of the molecule is O=C(O)CCCc1ccc(/C(=C\C2CCCC2)c2ccc(C3CC3)c(=O)[nH]2)cc1Cl. The number of hydrogen-bond acceptors (Lipinski definition) is 2. The van der Waals surface area contributed by atoms with Gasteiger partial charge in [0.05, 0.1) is 0 Å². The number of nitrogens with one attached hydrogen (secondary N) is 1. The van der Waals surface area contributed by atoms with E-state index in [0.29, 0.717) is 29.7 Å². The Bertz CT molecular complexity index is 1010. The zero-order valence-electron chi connectivity index (χ0n) is 17.1. The first kappa shape index (κ1) is 20.9. The number of rotatable bonds is 8. The highest BCUT2D eigenvalue weighted by Gasteiger charge is 2.26. The smallest absolute Gasteiger partial charge is 0.303 e. The molecule has 0 bridgehead atoms. The van der Waals surface area contributed by atoms with Crippen LogP contribution in [-0.4, -0.2) is 16.1 Å². The molecule has 5 heteroatoms. The molecule has 0 saturated heterocycles. The molecule has 0 spiro atoms. The molecule has 0 atom stereocenters. The number of carbonyl (C=O) groups is 1. The highest BCUT2D eigenvalue weighted by molar-refractivity contribution is 6.31. The van der Waals surface area contributed by atoms with Gasteiger partial charge < -0.3 is 10.1 Å². The molecule has 158 valence electrons. The molecule has 2 saturated carbocycles. The summed E-state index contributed by atoms with van der Waals surface area (Å²) in [6.07, 6.45) is 10.7. The molecule has 30 heavy (non-hydrogen) atoms. The Kier molecular flexibility index (Phi) is 6.43. The topological polar surface area (TPSA) is 70.2 Å². The molecular formula is C25H28ClNO3. The fraction of sp³-hybridized carbons (Fsp3) is 0.440. The molecule has 0 unspecified atom stereocenters. The standard InChI is InChI=1S/C25H28ClNO3/c26-22-15-19(11-10-18(22)6-3-7-24(28)29)21(14-16-4-1-2-5-16)23-13-12-20(17-8-9-17)25(30)27-23/h10-17H,1-9H2,(H,27,30)(H,28,29)/b21-14+. The number of allylic oxidation sites excluding steroid dienone is 1. The molecular weight excluding hydrogens is 398 g/mol. The summed E-state index contributed by atoms with van der Waals surface area (Å²) in [6.45, 7) is 0. The lowest BCUT2D eigenvalue weighted by atomic mass is 9.94. The van der Waals surface area contributed by atoms with E-state index in [1.807, 2.05) is 30.3 Å². The van der Waals surface area contributed by atoms with Crippen LogP contribution in [0, 0.1) is 5.92 Å². The predicted molar refractivity (Wildman–Crippen MR) is 120 cm³/mol.